The van der Waals surface area contributed by atoms with E-state index in [1.807, 2.05) is 6.20 Å². The van der Waals surface area contributed by atoms with Crippen molar-refractivity contribution in [3.8, 4) is 17.2 Å². The van der Waals surface area contributed by atoms with Gasteiger partial charge < -0.3 is 14.6 Å². The van der Waals surface area contributed by atoms with E-state index in [0.717, 1.165) is 99.9 Å². The number of hydrogen-bond donors (Lipinski definition) is 1. The van der Waals surface area contributed by atoms with Crippen LogP contribution < -0.4 is 9.47 Å². The Kier molecular flexibility index (Phi) is 10.6. The molecule has 0 bridgehead atoms. The molecule has 3 aliphatic rings. The standard InChI is InChI=1S/C37H47F3N4O4/c1-3-4-5-6-7-30-23-44(42-41-30)31-13-15-33(48-37(38,39)40)29(20-31)22-43-18-16-26(17-19-43)32-14-12-25-8-11-28(21-34(25)47-32)35(27-9-10-27)24(2)36(45)46/h8,11,13,15,20-21,23-24,26-27,32,35H,3-7,9-10,12,14,16-19,22H2,1-2H3,(H,45,46)/t24-,32?,35-/m0/s1. The molecule has 11 heteroatoms. The minimum absolute atomic E-state index is 0.00751. The third-order valence-electron chi connectivity index (χ3n) is 10.4. The fourth-order valence-corrected chi connectivity index (χ4v) is 7.58. The third kappa shape index (κ3) is 8.51. The summed E-state index contributed by atoms with van der Waals surface area (Å²) >= 11 is 0. The van der Waals surface area contributed by atoms with E-state index >= 15 is 0 Å². The summed E-state index contributed by atoms with van der Waals surface area (Å²) in [6, 6.07) is 11.0. The Morgan fingerprint density at radius 3 is 2.56 bits per heavy atom. The number of ether oxygens (including phenoxy) is 2. The van der Waals surface area contributed by atoms with E-state index in [4.69, 9.17) is 4.74 Å². The highest BCUT2D eigenvalue weighted by Gasteiger charge is 2.40. The number of halogens is 3. The number of fused-ring (bicyclic) bond motifs is 1. The number of likely N-dealkylation sites (tertiary alicyclic amines) is 1. The van der Waals surface area contributed by atoms with Crippen LogP contribution in [0, 0.1) is 17.8 Å². The van der Waals surface area contributed by atoms with Gasteiger partial charge in [-0.2, -0.15) is 0 Å². The summed E-state index contributed by atoms with van der Waals surface area (Å²) in [6.07, 6.45) is 8.13. The van der Waals surface area contributed by atoms with Crippen molar-refractivity contribution in [2.24, 2.45) is 17.8 Å². The number of nitrogens with zero attached hydrogens (tertiary/aromatic N) is 4. The van der Waals surface area contributed by atoms with Crippen molar-refractivity contribution in [1.82, 2.24) is 19.9 Å². The zero-order valence-electron chi connectivity index (χ0n) is 27.9. The zero-order chi connectivity index (χ0) is 33.8. The lowest BCUT2D eigenvalue weighted by molar-refractivity contribution is -0.275. The van der Waals surface area contributed by atoms with Crippen LogP contribution in [0.5, 0.6) is 11.5 Å². The number of hydrogen-bond acceptors (Lipinski definition) is 6. The quantitative estimate of drug-likeness (QED) is 0.174. The van der Waals surface area contributed by atoms with E-state index in [1.165, 1.54) is 12.5 Å². The highest BCUT2D eigenvalue weighted by molar-refractivity contribution is 5.71. The first kappa shape index (κ1) is 34.3. The number of carbonyl (C=O) groups is 1. The molecule has 2 aliphatic heterocycles. The van der Waals surface area contributed by atoms with Crippen LogP contribution in [0.15, 0.2) is 42.6 Å². The van der Waals surface area contributed by atoms with E-state index < -0.39 is 18.2 Å². The Morgan fingerprint density at radius 1 is 1.06 bits per heavy atom. The van der Waals surface area contributed by atoms with Gasteiger partial charge in [0.25, 0.3) is 0 Å². The molecular weight excluding hydrogens is 621 g/mol. The molecule has 0 amide bonds. The van der Waals surface area contributed by atoms with Gasteiger partial charge in [0, 0.05) is 12.1 Å². The van der Waals surface area contributed by atoms with Gasteiger partial charge in [-0.15, -0.1) is 18.3 Å². The van der Waals surface area contributed by atoms with E-state index in [1.54, 1.807) is 23.7 Å². The van der Waals surface area contributed by atoms with E-state index in [-0.39, 0.29) is 17.8 Å². The van der Waals surface area contributed by atoms with Crippen LogP contribution in [-0.2, 0) is 24.2 Å². The van der Waals surface area contributed by atoms with Gasteiger partial charge in [0.2, 0.25) is 0 Å². The minimum atomic E-state index is -4.79. The van der Waals surface area contributed by atoms with Crippen LogP contribution in [0.25, 0.3) is 5.69 Å². The first-order chi connectivity index (χ1) is 23.1. The minimum Gasteiger partial charge on any atom is -0.490 e. The normalized spacial score (nSPS) is 20.1. The second-order valence-corrected chi connectivity index (χ2v) is 14.0. The number of unbranched alkanes of at least 4 members (excludes halogenated alkanes) is 3. The number of benzene rings is 2. The number of carboxylic acids is 1. The molecule has 1 aliphatic carbocycles. The second-order valence-electron chi connectivity index (χ2n) is 14.0. The Morgan fingerprint density at radius 2 is 1.85 bits per heavy atom. The number of aryl methyl sites for hydroxylation is 2. The van der Waals surface area contributed by atoms with Crippen LogP contribution in [0.4, 0.5) is 13.2 Å². The highest BCUT2D eigenvalue weighted by atomic mass is 19.4. The van der Waals surface area contributed by atoms with Gasteiger partial charge in [-0.1, -0.05) is 50.5 Å². The Hall–Kier alpha value is -3.60. The van der Waals surface area contributed by atoms with Crippen molar-refractivity contribution in [3.63, 3.8) is 0 Å². The summed E-state index contributed by atoms with van der Waals surface area (Å²) in [5.41, 5.74) is 4.19. The monoisotopic (exact) mass is 668 g/mol. The van der Waals surface area contributed by atoms with Gasteiger partial charge >= 0.3 is 12.3 Å². The summed E-state index contributed by atoms with van der Waals surface area (Å²) in [6.45, 7) is 5.76. The van der Waals surface area contributed by atoms with E-state index in [2.05, 4.69) is 45.1 Å². The summed E-state index contributed by atoms with van der Waals surface area (Å²) in [4.78, 5) is 14.0. The molecule has 1 saturated heterocycles. The molecule has 1 aromatic heterocycles. The van der Waals surface area contributed by atoms with Crippen molar-refractivity contribution < 1.29 is 32.5 Å². The van der Waals surface area contributed by atoms with Crippen LogP contribution in [-0.4, -0.2) is 56.5 Å². The lowest BCUT2D eigenvalue weighted by Crippen LogP contribution is -2.40. The van der Waals surface area contributed by atoms with Crippen molar-refractivity contribution in [2.75, 3.05) is 13.1 Å². The predicted octanol–water partition coefficient (Wildman–Crippen LogP) is 8.11. The van der Waals surface area contributed by atoms with Crippen molar-refractivity contribution >= 4 is 5.97 Å². The Bertz CT molecular complexity index is 1550. The maximum absolute atomic E-state index is 13.3. The van der Waals surface area contributed by atoms with Crippen LogP contribution >= 0.6 is 0 Å². The first-order valence-corrected chi connectivity index (χ1v) is 17.6. The molecule has 1 unspecified atom stereocenters. The van der Waals surface area contributed by atoms with Crippen LogP contribution in [0.3, 0.4) is 0 Å². The summed E-state index contributed by atoms with van der Waals surface area (Å²) < 4.78 is 52.7. The van der Waals surface area contributed by atoms with Gasteiger partial charge in [0.15, 0.2) is 0 Å². The third-order valence-corrected chi connectivity index (χ3v) is 10.4. The maximum atomic E-state index is 13.3. The first-order valence-electron chi connectivity index (χ1n) is 17.6. The summed E-state index contributed by atoms with van der Waals surface area (Å²) in [5, 5.41) is 18.3. The zero-order valence-corrected chi connectivity index (χ0v) is 27.9. The topological polar surface area (TPSA) is 89.7 Å². The number of aliphatic carboxylic acids is 1. The average Bonchev–Trinajstić information content (AvgIpc) is 3.78. The molecule has 0 radical (unpaired) electrons. The highest BCUT2D eigenvalue weighted by Crippen LogP contribution is 2.48. The molecular formula is C37H47F3N4O4. The van der Waals surface area contributed by atoms with E-state index in [9.17, 15) is 23.1 Å². The Balaban J connectivity index is 1.09. The number of piperidine rings is 1. The molecule has 8 nitrogen and oxygen atoms in total. The van der Waals surface area contributed by atoms with Gasteiger partial charge in [0.1, 0.15) is 17.6 Å². The van der Waals surface area contributed by atoms with Crippen molar-refractivity contribution in [2.45, 2.75) is 109 Å². The van der Waals surface area contributed by atoms with E-state index in [0.29, 0.717) is 29.6 Å². The number of alkyl halides is 3. The molecule has 2 aromatic carbocycles. The number of aromatic nitrogens is 3. The fourth-order valence-electron chi connectivity index (χ4n) is 7.58. The number of rotatable bonds is 14. The molecule has 48 heavy (non-hydrogen) atoms. The molecule has 1 saturated carbocycles. The average molecular weight is 669 g/mol. The lowest BCUT2D eigenvalue weighted by atomic mass is 9.81. The molecule has 6 rings (SSSR count). The SMILES string of the molecule is CCCCCCc1cn(-c2ccc(OC(F)(F)F)c(CN3CCC(C4CCc5ccc([C@H](C6CC6)[C@H](C)C(=O)O)cc5O4)CC3)c2)nn1. The van der Waals surface area contributed by atoms with Gasteiger partial charge in [-0.05, 0) is 118 Å². The van der Waals surface area contributed by atoms with Gasteiger partial charge in [0.05, 0.1) is 23.5 Å². The molecule has 3 aromatic rings. The van der Waals surface area contributed by atoms with Gasteiger partial charge in [-0.3, -0.25) is 9.69 Å². The number of carboxylic acid groups (broad SMARTS) is 1. The molecule has 3 heterocycles. The van der Waals surface area contributed by atoms with Crippen LogP contribution in [0.2, 0.25) is 0 Å². The van der Waals surface area contributed by atoms with Gasteiger partial charge in [-0.25, -0.2) is 4.68 Å². The van der Waals surface area contributed by atoms with Crippen molar-refractivity contribution in [1.29, 1.82) is 0 Å². The lowest BCUT2D eigenvalue weighted by Gasteiger charge is -2.38. The summed E-state index contributed by atoms with van der Waals surface area (Å²) in [7, 11) is 0. The largest absolute Gasteiger partial charge is 0.573 e. The summed E-state index contributed by atoms with van der Waals surface area (Å²) in [5.74, 6) is 0.200. The molecule has 2 fully saturated rings. The maximum Gasteiger partial charge on any atom is 0.573 e. The van der Waals surface area contributed by atoms with Crippen LogP contribution in [0.1, 0.15) is 99.9 Å². The molecule has 3 atom stereocenters. The molecule has 0 spiro atoms. The van der Waals surface area contributed by atoms with Crippen molar-refractivity contribution in [3.05, 3.63) is 65.0 Å². The molecule has 260 valence electrons. The Labute approximate surface area is 280 Å². The second kappa shape index (κ2) is 14.9. The molecule has 1 N–H and O–H groups in total. The smallest absolute Gasteiger partial charge is 0.490 e. The fraction of sp³-hybridized carbons (Fsp3) is 0.595. The predicted molar refractivity (Wildman–Crippen MR) is 175 cm³/mol.